The maximum absolute atomic E-state index is 12.4. The van der Waals surface area contributed by atoms with E-state index in [4.69, 9.17) is 9.47 Å². The second kappa shape index (κ2) is 73.6. The Balaban J connectivity index is 3.48. The Hall–Kier alpha value is -3.70. The molecule has 0 heterocycles. The number of aliphatic hydroxyl groups excluding tert-OH is 1. The number of rotatable bonds is 66. The first-order valence-corrected chi connectivity index (χ1v) is 36.1. The van der Waals surface area contributed by atoms with Crippen LogP contribution in [0.25, 0.3) is 0 Å². The normalized spacial score (nSPS) is 12.9. The Labute approximate surface area is 522 Å². The summed E-state index contributed by atoms with van der Waals surface area (Å²) in [6.07, 6.45) is 108. The zero-order valence-corrected chi connectivity index (χ0v) is 55.4. The van der Waals surface area contributed by atoms with Gasteiger partial charge < -0.3 is 14.6 Å². The molecule has 0 aromatic heterocycles. The third-order valence-electron chi connectivity index (χ3n) is 15.7. The molecule has 0 spiro atoms. The van der Waals surface area contributed by atoms with Gasteiger partial charge in [0, 0.05) is 12.8 Å². The van der Waals surface area contributed by atoms with Crippen molar-refractivity contribution in [3.8, 4) is 0 Å². The molecule has 1 unspecified atom stereocenters. The number of aliphatic hydroxyl groups is 1. The summed E-state index contributed by atoms with van der Waals surface area (Å²) >= 11 is 0. The second-order valence-corrected chi connectivity index (χ2v) is 23.9. The quantitative estimate of drug-likeness (QED) is 0.0373. The minimum absolute atomic E-state index is 0.0697. The van der Waals surface area contributed by atoms with Crippen molar-refractivity contribution in [2.75, 3.05) is 13.2 Å². The van der Waals surface area contributed by atoms with E-state index in [0.29, 0.717) is 12.8 Å². The molecule has 0 saturated carbocycles. The molecule has 0 rings (SSSR count). The summed E-state index contributed by atoms with van der Waals surface area (Å²) in [5.41, 5.74) is 0. The molecule has 0 fully saturated rings. The van der Waals surface area contributed by atoms with Crippen molar-refractivity contribution in [3.05, 3.63) is 122 Å². The molecule has 482 valence electrons. The van der Waals surface area contributed by atoms with Crippen LogP contribution in [0.3, 0.4) is 0 Å². The van der Waals surface area contributed by atoms with E-state index in [1.807, 2.05) is 0 Å². The molecular weight excluding hydrogens is 1030 g/mol. The first-order chi connectivity index (χ1) is 41.6. The number of esters is 2. The van der Waals surface area contributed by atoms with Crippen molar-refractivity contribution < 1.29 is 24.2 Å². The van der Waals surface area contributed by atoms with Crippen LogP contribution in [-0.4, -0.2) is 36.4 Å². The summed E-state index contributed by atoms with van der Waals surface area (Å²) in [6, 6.07) is 0. The number of carbonyl (C=O) groups excluding carboxylic acids is 2. The van der Waals surface area contributed by atoms with Gasteiger partial charge in [-0.3, -0.25) is 9.59 Å². The zero-order chi connectivity index (χ0) is 60.5. The predicted octanol–water partition coefficient (Wildman–Crippen LogP) is 25.3. The number of unbranched alkanes of at least 4 members (excludes halogenated alkanes) is 38. The molecule has 1 atom stereocenters. The SMILES string of the molecule is CC/C=C\C/C=C\C/C=C\C/C=C\C/C=C\C/C=C\C/C=C\C/C=C\CCCCCCCCCCCCC(=O)OC(CO)COC(=O)CCCCCCCCCCCCCCCCCCCCCCCCC/C=C\C/C=C\CCCCCCC. The Morgan fingerprint density at radius 1 is 0.286 bits per heavy atom. The molecule has 0 aliphatic rings. The molecular formula is C79H136O5. The van der Waals surface area contributed by atoms with Gasteiger partial charge >= 0.3 is 11.9 Å². The van der Waals surface area contributed by atoms with Gasteiger partial charge in [-0.05, 0) is 109 Å². The highest BCUT2D eigenvalue weighted by Crippen LogP contribution is 2.18. The van der Waals surface area contributed by atoms with Gasteiger partial charge in [-0.1, -0.05) is 347 Å². The molecule has 1 N–H and O–H groups in total. The number of allylic oxidation sites excluding steroid dienone is 20. The van der Waals surface area contributed by atoms with Crippen LogP contribution in [0.1, 0.15) is 348 Å². The van der Waals surface area contributed by atoms with E-state index < -0.39 is 6.10 Å². The standard InChI is InChI=1S/C79H136O5/c1-3-5-7-9-11-13-15-17-19-21-23-25-27-29-31-33-35-37-39-41-43-45-47-49-51-53-55-57-59-61-63-65-67-69-71-73-78(81)83-76-77(75-80)84-79(82)74-72-70-68-66-64-62-60-58-56-54-52-50-48-46-44-42-40-38-36-34-32-30-28-26-24-22-20-18-16-14-12-10-8-6-4-2/h6,8,12,14-15,17-18,20-21,23-24,26,30,32,36,38,42,44,48,50,77,80H,3-5,7,9-11,13,16,19,22,25,27-29,31,33-35,37,39-41,43,45-47,49,51-76H2,1-2H3/b8-6-,14-12-,17-15-,20-18-,23-21-,26-24-,32-30-,38-36-,44-42-,50-48-. The summed E-state index contributed by atoms with van der Waals surface area (Å²) in [7, 11) is 0. The van der Waals surface area contributed by atoms with Crippen molar-refractivity contribution in [1.82, 2.24) is 0 Å². The van der Waals surface area contributed by atoms with Gasteiger partial charge in [0.15, 0.2) is 6.10 Å². The average molecular weight is 1170 g/mol. The number of carbonyl (C=O) groups is 2. The lowest BCUT2D eigenvalue weighted by Crippen LogP contribution is -2.28. The van der Waals surface area contributed by atoms with Crippen LogP contribution >= 0.6 is 0 Å². The van der Waals surface area contributed by atoms with Crippen LogP contribution in [0.2, 0.25) is 0 Å². The van der Waals surface area contributed by atoms with Crippen molar-refractivity contribution in [2.24, 2.45) is 0 Å². The molecule has 5 nitrogen and oxygen atoms in total. The highest BCUT2D eigenvalue weighted by Gasteiger charge is 2.16. The lowest BCUT2D eigenvalue weighted by molar-refractivity contribution is -0.161. The van der Waals surface area contributed by atoms with Crippen molar-refractivity contribution >= 4 is 11.9 Å². The third-order valence-corrected chi connectivity index (χ3v) is 15.7. The van der Waals surface area contributed by atoms with E-state index in [1.165, 1.54) is 225 Å². The first-order valence-electron chi connectivity index (χ1n) is 36.1. The molecule has 0 aliphatic heterocycles. The van der Waals surface area contributed by atoms with E-state index >= 15 is 0 Å². The van der Waals surface area contributed by atoms with Gasteiger partial charge in [0.1, 0.15) is 6.61 Å². The minimum Gasteiger partial charge on any atom is -0.462 e. The first kappa shape index (κ1) is 80.3. The maximum atomic E-state index is 12.4. The van der Waals surface area contributed by atoms with Gasteiger partial charge in [0.2, 0.25) is 0 Å². The van der Waals surface area contributed by atoms with Crippen LogP contribution < -0.4 is 0 Å². The van der Waals surface area contributed by atoms with Crippen LogP contribution in [-0.2, 0) is 19.1 Å². The summed E-state index contributed by atoms with van der Waals surface area (Å²) in [6.45, 7) is 4.04. The number of hydrogen-bond acceptors (Lipinski definition) is 5. The molecule has 0 aliphatic carbocycles. The third kappa shape index (κ3) is 70.8. The molecule has 0 radical (unpaired) electrons. The van der Waals surface area contributed by atoms with Crippen LogP contribution in [0.4, 0.5) is 0 Å². The maximum Gasteiger partial charge on any atom is 0.306 e. The minimum atomic E-state index is -0.782. The lowest BCUT2D eigenvalue weighted by atomic mass is 10.0. The van der Waals surface area contributed by atoms with Gasteiger partial charge in [-0.2, -0.15) is 0 Å². The Kier molecular flexibility index (Phi) is 70.3. The number of ether oxygens (including phenoxy) is 2. The highest BCUT2D eigenvalue weighted by atomic mass is 16.6. The van der Waals surface area contributed by atoms with Crippen molar-refractivity contribution in [2.45, 2.75) is 354 Å². The van der Waals surface area contributed by atoms with Gasteiger partial charge in [0.05, 0.1) is 6.61 Å². The molecule has 84 heavy (non-hydrogen) atoms. The predicted molar refractivity (Wildman–Crippen MR) is 371 cm³/mol. The van der Waals surface area contributed by atoms with E-state index in [1.54, 1.807) is 0 Å². The van der Waals surface area contributed by atoms with E-state index in [0.717, 1.165) is 96.3 Å². The Morgan fingerprint density at radius 2 is 0.512 bits per heavy atom. The van der Waals surface area contributed by atoms with Gasteiger partial charge in [-0.15, -0.1) is 0 Å². The van der Waals surface area contributed by atoms with E-state index in [9.17, 15) is 14.7 Å². The number of hydrogen-bond donors (Lipinski definition) is 1. The van der Waals surface area contributed by atoms with Crippen LogP contribution in [0.5, 0.6) is 0 Å². The molecule has 0 bridgehead atoms. The van der Waals surface area contributed by atoms with Crippen LogP contribution in [0.15, 0.2) is 122 Å². The van der Waals surface area contributed by atoms with Gasteiger partial charge in [-0.25, -0.2) is 0 Å². The fraction of sp³-hybridized carbons (Fsp3) is 0.722. The molecule has 0 amide bonds. The van der Waals surface area contributed by atoms with Crippen LogP contribution in [0, 0.1) is 0 Å². The average Bonchev–Trinajstić information content (AvgIpc) is 3.51. The van der Waals surface area contributed by atoms with Gasteiger partial charge in [0.25, 0.3) is 0 Å². The Morgan fingerprint density at radius 3 is 0.774 bits per heavy atom. The molecule has 5 heteroatoms. The highest BCUT2D eigenvalue weighted by molar-refractivity contribution is 5.70. The van der Waals surface area contributed by atoms with E-state index in [-0.39, 0.29) is 25.2 Å². The largest absolute Gasteiger partial charge is 0.462 e. The van der Waals surface area contributed by atoms with E-state index in [2.05, 4.69) is 135 Å². The summed E-state index contributed by atoms with van der Waals surface area (Å²) in [4.78, 5) is 24.7. The summed E-state index contributed by atoms with van der Waals surface area (Å²) < 4.78 is 10.8. The fourth-order valence-corrected chi connectivity index (χ4v) is 10.4. The zero-order valence-electron chi connectivity index (χ0n) is 55.4. The summed E-state index contributed by atoms with van der Waals surface area (Å²) in [5.74, 6) is -0.587. The van der Waals surface area contributed by atoms with Crippen molar-refractivity contribution in [1.29, 1.82) is 0 Å². The fourth-order valence-electron chi connectivity index (χ4n) is 10.4. The molecule has 0 saturated heterocycles. The lowest BCUT2D eigenvalue weighted by Gasteiger charge is -2.15. The molecule has 0 aromatic carbocycles. The monoisotopic (exact) mass is 1170 g/mol. The second-order valence-electron chi connectivity index (χ2n) is 23.9. The Bertz CT molecular complexity index is 1650. The van der Waals surface area contributed by atoms with Crippen molar-refractivity contribution in [3.63, 3.8) is 0 Å². The smallest absolute Gasteiger partial charge is 0.306 e. The topological polar surface area (TPSA) is 72.8 Å². The molecule has 0 aromatic rings. The summed E-state index contributed by atoms with van der Waals surface area (Å²) in [5, 5.41) is 9.71.